The summed E-state index contributed by atoms with van der Waals surface area (Å²) < 4.78 is 53.4. The molecular weight excluding hydrogens is 413 g/mol. The zero-order valence-electron chi connectivity index (χ0n) is 17.1. The van der Waals surface area contributed by atoms with E-state index in [9.17, 15) is 23.1 Å². The minimum Gasteiger partial charge on any atom is -0.493 e. The molecule has 1 aliphatic carbocycles. The second-order valence-electron chi connectivity index (χ2n) is 7.69. The van der Waals surface area contributed by atoms with E-state index in [-0.39, 0.29) is 12.1 Å². The van der Waals surface area contributed by atoms with Crippen molar-refractivity contribution in [2.24, 2.45) is 0 Å². The number of halogens is 3. The molecule has 0 radical (unpaired) electrons. The van der Waals surface area contributed by atoms with Crippen LogP contribution in [0.1, 0.15) is 36.4 Å². The molecule has 0 saturated heterocycles. The second-order valence-corrected chi connectivity index (χ2v) is 7.69. The fourth-order valence-electron chi connectivity index (χ4n) is 4.31. The highest BCUT2D eigenvalue weighted by molar-refractivity contribution is 5.77. The molecule has 3 aromatic rings. The van der Waals surface area contributed by atoms with Gasteiger partial charge in [0.25, 0.3) is 0 Å². The lowest BCUT2D eigenvalue weighted by Gasteiger charge is -2.16. The summed E-state index contributed by atoms with van der Waals surface area (Å²) in [5.74, 6) is 0.966. The number of aliphatic hydroxyl groups is 1. The molecule has 1 aliphatic rings. The molecule has 1 aromatic heterocycles. The quantitative estimate of drug-likeness (QED) is 0.657. The Labute approximate surface area is 176 Å². The summed E-state index contributed by atoms with van der Waals surface area (Å²) in [5, 5.41) is 10.4. The van der Waals surface area contributed by atoms with Crippen molar-refractivity contribution < 1.29 is 27.8 Å². The molecular formula is C22H23F3N2O4. The number of hydrogen-bond donors (Lipinski definition) is 1. The average molecular weight is 436 g/mol. The number of hydrogen-bond acceptors (Lipinski definition) is 4. The maximum absolute atomic E-state index is 13.4. The van der Waals surface area contributed by atoms with Gasteiger partial charge in [0, 0.05) is 0 Å². The number of rotatable bonds is 5. The Hall–Kier alpha value is -2.94. The summed E-state index contributed by atoms with van der Waals surface area (Å²) in [5.41, 5.74) is -0.0541. The van der Waals surface area contributed by atoms with Crippen molar-refractivity contribution in [3.63, 3.8) is 0 Å². The van der Waals surface area contributed by atoms with Crippen LogP contribution in [-0.4, -0.2) is 34.6 Å². The van der Waals surface area contributed by atoms with Crippen LogP contribution in [0.3, 0.4) is 0 Å². The van der Waals surface area contributed by atoms with E-state index in [1.165, 1.54) is 29.4 Å². The van der Waals surface area contributed by atoms with Gasteiger partial charge in [0.05, 0.1) is 49.5 Å². The van der Waals surface area contributed by atoms with Crippen molar-refractivity contribution in [3.8, 4) is 11.5 Å². The molecule has 0 spiro atoms. The van der Waals surface area contributed by atoms with Crippen LogP contribution >= 0.6 is 0 Å². The first-order chi connectivity index (χ1) is 14.7. The maximum Gasteiger partial charge on any atom is 0.416 e. The molecule has 2 aromatic carbocycles. The summed E-state index contributed by atoms with van der Waals surface area (Å²) in [6, 6.07) is 7.92. The molecule has 4 rings (SSSR count). The average Bonchev–Trinajstić information content (AvgIpc) is 3.27. The van der Waals surface area contributed by atoms with Crippen LogP contribution in [0.4, 0.5) is 13.2 Å². The second kappa shape index (κ2) is 7.96. The highest BCUT2D eigenvalue weighted by Crippen LogP contribution is 2.35. The van der Waals surface area contributed by atoms with Crippen molar-refractivity contribution >= 4 is 11.0 Å². The molecule has 166 valence electrons. The van der Waals surface area contributed by atoms with E-state index >= 15 is 0 Å². The predicted molar refractivity (Wildman–Crippen MR) is 109 cm³/mol. The smallest absolute Gasteiger partial charge is 0.416 e. The highest BCUT2D eigenvalue weighted by Gasteiger charge is 2.34. The SMILES string of the molecule is COc1ccc(Cn2c(=O)n(C3CCCC3O)c3ccc(C(F)(F)F)cc32)cc1OC. The maximum atomic E-state index is 13.4. The van der Waals surface area contributed by atoms with Gasteiger partial charge < -0.3 is 14.6 Å². The molecule has 9 heteroatoms. The highest BCUT2D eigenvalue weighted by atomic mass is 19.4. The third kappa shape index (κ3) is 3.78. The lowest BCUT2D eigenvalue weighted by atomic mass is 10.1. The van der Waals surface area contributed by atoms with Gasteiger partial charge in [0.15, 0.2) is 11.5 Å². The number of alkyl halides is 3. The molecule has 1 N–H and O–H groups in total. The number of aromatic nitrogens is 2. The summed E-state index contributed by atoms with van der Waals surface area (Å²) in [6.45, 7) is 0.0484. The molecule has 1 fully saturated rings. The number of benzene rings is 2. The topological polar surface area (TPSA) is 65.6 Å². The standard InChI is InChI=1S/C22H23F3N2O4/c1-30-19-9-6-13(10-20(19)31-2)12-26-17-11-14(22(23,24)25)7-8-15(17)27(21(26)29)16-4-3-5-18(16)28/h6-11,16,18,28H,3-5,12H2,1-2H3. The Morgan fingerprint density at radius 2 is 1.77 bits per heavy atom. The Balaban J connectivity index is 1.89. The van der Waals surface area contributed by atoms with Crippen molar-refractivity contribution in [1.82, 2.24) is 9.13 Å². The van der Waals surface area contributed by atoms with E-state index in [2.05, 4.69) is 0 Å². The fourth-order valence-corrected chi connectivity index (χ4v) is 4.31. The van der Waals surface area contributed by atoms with Crippen LogP contribution in [0.15, 0.2) is 41.2 Å². The number of imidazole rings is 1. The lowest BCUT2D eigenvalue weighted by molar-refractivity contribution is -0.137. The van der Waals surface area contributed by atoms with Crippen LogP contribution in [0.25, 0.3) is 11.0 Å². The largest absolute Gasteiger partial charge is 0.493 e. The third-order valence-corrected chi connectivity index (χ3v) is 5.85. The molecule has 0 bridgehead atoms. The Bertz CT molecular complexity index is 1170. The summed E-state index contributed by atoms with van der Waals surface area (Å²) in [6.07, 6.45) is -3.34. The summed E-state index contributed by atoms with van der Waals surface area (Å²) in [7, 11) is 2.98. The van der Waals surface area contributed by atoms with Crippen LogP contribution in [0, 0.1) is 0 Å². The van der Waals surface area contributed by atoms with Crippen LogP contribution in [0.5, 0.6) is 11.5 Å². The molecule has 1 heterocycles. The van der Waals surface area contributed by atoms with Gasteiger partial charge in [-0.15, -0.1) is 0 Å². The van der Waals surface area contributed by atoms with Crippen molar-refractivity contribution in [1.29, 1.82) is 0 Å². The number of nitrogens with zero attached hydrogens (tertiary/aromatic N) is 2. The monoisotopic (exact) mass is 436 g/mol. The normalized spacial score (nSPS) is 19.2. The zero-order chi connectivity index (χ0) is 22.3. The van der Waals surface area contributed by atoms with Crippen molar-refractivity contribution in [3.05, 3.63) is 58.0 Å². The van der Waals surface area contributed by atoms with E-state index in [1.807, 2.05) is 0 Å². The minimum absolute atomic E-state index is 0.0484. The Morgan fingerprint density at radius 3 is 2.39 bits per heavy atom. The minimum atomic E-state index is -4.53. The molecule has 1 saturated carbocycles. The molecule has 2 unspecified atom stereocenters. The van der Waals surface area contributed by atoms with E-state index in [0.29, 0.717) is 35.4 Å². The Kier molecular flexibility index (Phi) is 5.47. The lowest BCUT2D eigenvalue weighted by Crippen LogP contribution is -2.31. The van der Waals surface area contributed by atoms with Crippen molar-refractivity contribution in [2.75, 3.05) is 14.2 Å². The van der Waals surface area contributed by atoms with Gasteiger partial charge in [-0.3, -0.25) is 9.13 Å². The van der Waals surface area contributed by atoms with Gasteiger partial charge in [-0.2, -0.15) is 13.2 Å². The first-order valence-corrected chi connectivity index (χ1v) is 9.95. The summed E-state index contributed by atoms with van der Waals surface area (Å²) in [4.78, 5) is 13.3. The number of aliphatic hydroxyl groups excluding tert-OH is 1. The van der Waals surface area contributed by atoms with E-state index in [1.54, 1.807) is 18.2 Å². The Morgan fingerprint density at radius 1 is 1.03 bits per heavy atom. The molecule has 31 heavy (non-hydrogen) atoms. The number of methoxy groups -OCH3 is 2. The van der Waals surface area contributed by atoms with Crippen LogP contribution in [0.2, 0.25) is 0 Å². The van der Waals surface area contributed by atoms with E-state index in [4.69, 9.17) is 9.47 Å². The van der Waals surface area contributed by atoms with Gasteiger partial charge in [-0.05, 0) is 55.2 Å². The third-order valence-electron chi connectivity index (χ3n) is 5.85. The first-order valence-electron chi connectivity index (χ1n) is 9.95. The number of ether oxygens (including phenoxy) is 2. The van der Waals surface area contributed by atoms with Crippen LogP contribution in [-0.2, 0) is 12.7 Å². The van der Waals surface area contributed by atoms with E-state index < -0.39 is 29.6 Å². The first kappa shape index (κ1) is 21.3. The summed E-state index contributed by atoms with van der Waals surface area (Å²) >= 11 is 0. The molecule has 6 nitrogen and oxygen atoms in total. The zero-order valence-corrected chi connectivity index (χ0v) is 17.1. The fraction of sp³-hybridized carbons (Fsp3) is 0.409. The molecule has 0 aliphatic heterocycles. The van der Waals surface area contributed by atoms with E-state index in [0.717, 1.165) is 18.6 Å². The van der Waals surface area contributed by atoms with Gasteiger partial charge in [0.2, 0.25) is 0 Å². The molecule has 2 atom stereocenters. The van der Waals surface area contributed by atoms with Crippen molar-refractivity contribution in [2.45, 2.75) is 44.1 Å². The van der Waals surface area contributed by atoms with Gasteiger partial charge in [0.1, 0.15) is 0 Å². The van der Waals surface area contributed by atoms with Gasteiger partial charge >= 0.3 is 11.9 Å². The molecule has 0 amide bonds. The van der Waals surface area contributed by atoms with Gasteiger partial charge in [-0.25, -0.2) is 4.79 Å². The number of fused-ring (bicyclic) bond motifs is 1. The van der Waals surface area contributed by atoms with Gasteiger partial charge in [-0.1, -0.05) is 6.07 Å². The van der Waals surface area contributed by atoms with Crippen LogP contribution < -0.4 is 15.2 Å². The predicted octanol–water partition coefficient (Wildman–Crippen LogP) is 3.97.